The lowest BCUT2D eigenvalue weighted by molar-refractivity contribution is -0.0195. The maximum absolute atomic E-state index is 12.6. The highest BCUT2D eigenvalue weighted by molar-refractivity contribution is 5.89. The van der Waals surface area contributed by atoms with Crippen LogP contribution in [0.3, 0.4) is 0 Å². The molecule has 1 N–H and O–H groups in total. The van der Waals surface area contributed by atoms with Gasteiger partial charge in [0.25, 0.3) is 0 Å². The molecule has 0 radical (unpaired) electrons. The number of rotatable bonds is 6. The van der Waals surface area contributed by atoms with E-state index in [9.17, 15) is 9.90 Å². The monoisotopic (exact) mass is 430 g/mol. The van der Waals surface area contributed by atoms with Gasteiger partial charge in [-0.15, -0.1) is 0 Å². The van der Waals surface area contributed by atoms with Crippen molar-refractivity contribution in [3.63, 3.8) is 0 Å². The highest BCUT2D eigenvalue weighted by Crippen LogP contribution is 2.34. The number of ether oxygens (including phenoxy) is 2. The average molecular weight is 431 g/mol. The summed E-state index contributed by atoms with van der Waals surface area (Å²) in [6.07, 6.45) is 2.68. The van der Waals surface area contributed by atoms with Gasteiger partial charge in [0.1, 0.15) is 11.9 Å². The maximum Gasteiger partial charge on any atom is 0.338 e. The van der Waals surface area contributed by atoms with E-state index in [4.69, 9.17) is 9.47 Å². The van der Waals surface area contributed by atoms with Crippen LogP contribution in [0.5, 0.6) is 5.75 Å². The van der Waals surface area contributed by atoms with E-state index in [-0.39, 0.29) is 12.1 Å². The van der Waals surface area contributed by atoms with Gasteiger partial charge in [0, 0.05) is 5.56 Å². The van der Waals surface area contributed by atoms with E-state index < -0.39 is 6.29 Å². The molecule has 0 bridgehead atoms. The molecule has 1 saturated carbocycles. The summed E-state index contributed by atoms with van der Waals surface area (Å²) >= 11 is 0. The van der Waals surface area contributed by atoms with Gasteiger partial charge in [0.15, 0.2) is 0 Å². The summed E-state index contributed by atoms with van der Waals surface area (Å²) < 4.78 is 11.3. The van der Waals surface area contributed by atoms with Gasteiger partial charge in [0.05, 0.1) is 5.56 Å². The Kier molecular flexibility index (Phi) is 6.91. The number of carbonyl (C=O) groups is 1. The molecule has 4 heteroatoms. The first-order valence-corrected chi connectivity index (χ1v) is 11.3. The van der Waals surface area contributed by atoms with Crippen molar-refractivity contribution in [1.29, 1.82) is 0 Å². The summed E-state index contributed by atoms with van der Waals surface area (Å²) in [5.74, 6) is 0.817. The molecule has 0 heterocycles. The van der Waals surface area contributed by atoms with E-state index >= 15 is 0 Å². The van der Waals surface area contributed by atoms with Crippen LogP contribution >= 0.6 is 0 Å². The number of carbonyl (C=O) groups excluding carboxylic acids is 1. The number of hydrogen-bond donors (Lipinski definition) is 1. The summed E-state index contributed by atoms with van der Waals surface area (Å²) in [7, 11) is 0. The fraction of sp³-hybridized carbons (Fsp3) is 0.321. The Labute approximate surface area is 189 Å². The zero-order valence-electron chi connectivity index (χ0n) is 18.7. The molecule has 0 aromatic heterocycles. The molecule has 4 nitrogen and oxygen atoms in total. The van der Waals surface area contributed by atoms with E-state index in [1.165, 1.54) is 11.1 Å². The largest absolute Gasteiger partial charge is 0.461 e. The molecule has 3 aromatic rings. The van der Waals surface area contributed by atoms with Gasteiger partial charge in [-0.3, -0.25) is 0 Å². The normalized spacial score (nSPS) is 19.2. The van der Waals surface area contributed by atoms with Gasteiger partial charge in [-0.25, -0.2) is 4.79 Å². The first-order chi connectivity index (χ1) is 15.5. The summed E-state index contributed by atoms with van der Waals surface area (Å²) in [6, 6.07) is 23.0. The molecular weight excluding hydrogens is 400 g/mol. The molecule has 4 rings (SSSR count). The molecule has 1 atom stereocenters. The van der Waals surface area contributed by atoms with Gasteiger partial charge in [-0.2, -0.15) is 0 Å². The van der Waals surface area contributed by atoms with Crippen molar-refractivity contribution in [2.75, 3.05) is 0 Å². The Hall–Kier alpha value is -3.11. The Morgan fingerprint density at radius 2 is 1.38 bits per heavy atom. The second kappa shape index (κ2) is 10.0. The number of benzene rings is 3. The molecule has 1 fully saturated rings. The third-order valence-electron chi connectivity index (χ3n) is 6.20. The predicted molar refractivity (Wildman–Crippen MR) is 125 cm³/mol. The Morgan fingerprint density at radius 1 is 0.812 bits per heavy atom. The van der Waals surface area contributed by atoms with Gasteiger partial charge < -0.3 is 14.6 Å². The van der Waals surface area contributed by atoms with Crippen LogP contribution in [0.1, 0.15) is 70.5 Å². The lowest BCUT2D eigenvalue weighted by Gasteiger charge is -2.28. The smallest absolute Gasteiger partial charge is 0.338 e. The predicted octanol–water partition coefficient (Wildman–Crippen LogP) is 6.26. The van der Waals surface area contributed by atoms with Crippen molar-refractivity contribution in [1.82, 2.24) is 0 Å². The van der Waals surface area contributed by atoms with Crippen LogP contribution in [-0.4, -0.2) is 17.2 Å². The zero-order chi connectivity index (χ0) is 22.5. The van der Waals surface area contributed by atoms with Crippen LogP contribution in [0.2, 0.25) is 0 Å². The SMILES string of the molecule is Cc1ccc(OC(O)c2ccc(C(=O)OC3CCC(c4ccc(C)cc4)CC3)cc2)cc1. The molecule has 0 spiro atoms. The highest BCUT2D eigenvalue weighted by Gasteiger charge is 2.25. The molecule has 0 aliphatic heterocycles. The van der Waals surface area contributed by atoms with Gasteiger partial charge in [-0.1, -0.05) is 59.7 Å². The number of hydrogen-bond acceptors (Lipinski definition) is 4. The summed E-state index contributed by atoms with van der Waals surface area (Å²) in [6.45, 7) is 4.10. The van der Waals surface area contributed by atoms with Crippen molar-refractivity contribution in [3.8, 4) is 5.75 Å². The van der Waals surface area contributed by atoms with Crippen LogP contribution < -0.4 is 4.74 Å². The van der Waals surface area contributed by atoms with Crippen molar-refractivity contribution >= 4 is 5.97 Å². The molecule has 32 heavy (non-hydrogen) atoms. The minimum absolute atomic E-state index is 0.0423. The molecule has 1 aliphatic carbocycles. The van der Waals surface area contributed by atoms with Gasteiger partial charge >= 0.3 is 5.97 Å². The number of aryl methyl sites for hydroxylation is 2. The Bertz CT molecular complexity index is 1010. The molecule has 3 aromatic carbocycles. The molecule has 1 aliphatic rings. The third-order valence-corrected chi connectivity index (χ3v) is 6.20. The van der Waals surface area contributed by atoms with E-state index in [1.807, 2.05) is 31.2 Å². The second-order valence-electron chi connectivity index (χ2n) is 8.69. The quantitative estimate of drug-likeness (QED) is 0.371. The van der Waals surface area contributed by atoms with Gasteiger partial charge in [-0.05, 0) is 75.3 Å². The third kappa shape index (κ3) is 5.57. The van der Waals surface area contributed by atoms with Crippen molar-refractivity contribution < 1.29 is 19.4 Å². The summed E-state index contributed by atoms with van der Waals surface area (Å²) in [5, 5.41) is 10.3. The second-order valence-corrected chi connectivity index (χ2v) is 8.69. The minimum atomic E-state index is -1.10. The van der Waals surface area contributed by atoms with Crippen LogP contribution in [0.4, 0.5) is 0 Å². The first-order valence-electron chi connectivity index (χ1n) is 11.3. The molecule has 166 valence electrons. The Balaban J connectivity index is 1.28. The summed E-state index contributed by atoms with van der Waals surface area (Å²) in [4.78, 5) is 12.6. The van der Waals surface area contributed by atoms with Crippen LogP contribution in [0, 0.1) is 13.8 Å². The van der Waals surface area contributed by atoms with Gasteiger partial charge in [0.2, 0.25) is 6.29 Å². The van der Waals surface area contributed by atoms with E-state index in [0.717, 1.165) is 31.2 Å². The topological polar surface area (TPSA) is 55.8 Å². The van der Waals surface area contributed by atoms with Crippen LogP contribution in [0.15, 0.2) is 72.8 Å². The zero-order valence-corrected chi connectivity index (χ0v) is 18.7. The highest BCUT2D eigenvalue weighted by atomic mass is 16.6. The molecule has 0 amide bonds. The van der Waals surface area contributed by atoms with E-state index in [0.29, 0.717) is 22.8 Å². The van der Waals surface area contributed by atoms with Crippen molar-refractivity contribution in [2.45, 2.75) is 57.8 Å². The fourth-order valence-corrected chi connectivity index (χ4v) is 4.17. The lowest BCUT2D eigenvalue weighted by Crippen LogP contribution is -2.24. The van der Waals surface area contributed by atoms with Crippen LogP contribution in [-0.2, 0) is 4.74 Å². The minimum Gasteiger partial charge on any atom is -0.461 e. The van der Waals surface area contributed by atoms with Crippen molar-refractivity contribution in [2.24, 2.45) is 0 Å². The molecular formula is C28H30O4. The van der Waals surface area contributed by atoms with E-state index in [2.05, 4.69) is 31.2 Å². The van der Waals surface area contributed by atoms with E-state index in [1.54, 1.807) is 24.3 Å². The van der Waals surface area contributed by atoms with Crippen LogP contribution in [0.25, 0.3) is 0 Å². The average Bonchev–Trinajstić information content (AvgIpc) is 2.82. The van der Waals surface area contributed by atoms with Crippen molar-refractivity contribution in [3.05, 3.63) is 101 Å². The first kappa shape index (κ1) is 22.1. The molecule has 1 unspecified atom stereocenters. The fourth-order valence-electron chi connectivity index (χ4n) is 4.17. The summed E-state index contributed by atoms with van der Waals surface area (Å²) in [5.41, 5.74) is 4.84. The maximum atomic E-state index is 12.6. The molecule has 0 saturated heterocycles. The number of aliphatic hydroxyl groups is 1. The Morgan fingerprint density at radius 3 is 1.97 bits per heavy atom. The standard InChI is InChI=1S/C28H30O4/c1-19-3-7-21(8-4-19)22-13-17-26(18-14-22)32-28(30)24-11-9-23(10-12-24)27(29)31-25-15-5-20(2)6-16-25/h3-12,15-16,22,26-27,29H,13-14,17-18H2,1-2H3. The lowest BCUT2D eigenvalue weighted by atomic mass is 9.82. The number of esters is 1. The number of aliphatic hydroxyl groups excluding tert-OH is 1.